The van der Waals surface area contributed by atoms with Crippen LogP contribution in [0.15, 0.2) is 24.3 Å². The minimum atomic E-state index is -0.386. The van der Waals surface area contributed by atoms with Crippen molar-refractivity contribution in [2.45, 2.75) is 95.9 Å². The van der Waals surface area contributed by atoms with E-state index < -0.39 is 0 Å². The molecule has 3 fully saturated rings. The average Bonchev–Trinajstić information content (AvgIpc) is 3.70. The number of hydrogen-bond acceptors (Lipinski definition) is 5. The minimum Gasteiger partial charge on any atom is -0.497 e. The number of methoxy groups -OCH3 is 1. The van der Waals surface area contributed by atoms with E-state index in [1.165, 1.54) is 5.56 Å². The van der Waals surface area contributed by atoms with E-state index in [4.69, 9.17) is 10.5 Å². The second-order valence-electron chi connectivity index (χ2n) is 11.3. The molecule has 1 unspecified atom stereocenters. The first-order chi connectivity index (χ1) is 16.8. The van der Waals surface area contributed by atoms with Crippen LogP contribution in [-0.4, -0.2) is 66.0 Å². The maximum Gasteiger partial charge on any atom is 0.243 e. The largest absolute Gasteiger partial charge is 0.497 e. The lowest BCUT2D eigenvalue weighted by Crippen LogP contribution is -2.59. The molecule has 7 heteroatoms. The van der Waals surface area contributed by atoms with E-state index in [-0.39, 0.29) is 41.9 Å². The molecule has 2 atom stereocenters. The molecular weight excluding hydrogens is 440 g/mol. The van der Waals surface area contributed by atoms with Gasteiger partial charge in [0.15, 0.2) is 0 Å². The van der Waals surface area contributed by atoms with Gasteiger partial charge in [0.25, 0.3) is 0 Å². The Morgan fingerprint density at radius 3 is 2.37 bits per heavy atom. The number of likely N-dealkylation sites (tertiary alicyclic amines) is 1. The van der Waals surface area contributed by atoms with E-state index >= 15 is 0 Å². The Morgan fingerprint density at radius 2 is 1.77 bits per heavy atom. The van der Waals surface area contributed by atoms with Crippen molar-refractivity contribution in [3.05, 3.63) is 29.8 Å². The SMILES string of the molecule is COc1ccc(CN(CC(C)C)C2CCN(C(=O)C3CC3)[C@@H](C(=O)NC3CCC(N)CC3)C2)cc1. The predicted molar refractivity (Wildman–Crippen MR) is 138 cm³/mol. The van der Waals surface area contributed by atoms with E-state index in [0.29, 0.717) is 18.9 Å². The van der Waals surface area contributed by atoms with Crippen LogP contribution in [0, 0.1) is 11.8 Å². The Hall–Kier alpha value is -2.12. The zero-order valence-electron chi connectivity index (χ0n) is 21.7. The van der Waals surface area contributed by atoms with Crippen LogP contribution in [0.2, 0.25) is 0 Å². The Morgan fingerprint density at radius 1 is 1.09 bits per heavy atom. The quantitative estimate of drug-likeness (QED) is 0.562. The smallest absolute Gasteiger partial charge is 0.243 e. The van der Waals surface area contributed by atoms with Crippen LogP contribution < -0.4 is 15.8 Å². The number of hydrogen-bond donors (Lipinski definition) is 2. The fourth-order valence-corrected chi connectivity index (χ4v) is 5.69. The third kappa shape index (κ3) is 6.98. The zero-order valence-corrected chi connectivity index (χ0v) is 21.7. The first-order valence-corrected chi connectivity index (χ1v) is 13.6. The lowest BCUT2D eigenvalue weighted by molar-refractivity contribution is -0.145. The molecule has 3 aliphatic rings. The highest BCUT2D eigenvalue weighted by atomic mass is 16.5. The van der Waals surface area contributed by atoms with Crippen LogP contribution in [0.5, 0.6) is 5.75 Å². The number of nitrogens with one attached hydrogen (secondary N) is 1. The molecule has 7 nitrogen and oxygen atoms in total. The van der Waals surface area contributed by atoms with Gasteiger partial charge in [-0.3, -0.25) is 14.5 Å². The van der Waals surface area contributed by atoms with E-state index in [2.05, 4.69) is 36.2 Å². The van der Waals surface area contributed by atoms with Crippen molar-refractivity contribution in [3.8, 4) is 5.75 Å². The highest BCUT2D eigenvalue weighted by molar-refractivity contribution is 5.89. The monoisotopic (exact) mass is 484 g/mol. The van der Waals surface area contributed by atoms with Gasteiger partial charge in [0.2, 0.25) is 11.8 Å². The first kappa shape index (κ1) is 26.0. The number of rotatable bonds is 9. The first-order valence-electron chi connectivity index (χ1n) is 13.6. The summed E-state index contributed by atoms with van der Waals surface area (Å²) in [6, 6.07) is 8.55. The second kappa shape index (κ2) is 11.7. The number of ether oxygens (including phenoxy) is 1. The van der Waals surface area contributed by atoms with E-state index in [0.717, 1.165) is 63.8 Å². The van der Waals surface area contributed by atoms with Crippen molar-refractivity contribution in [2.24, 2.45) is 17.6 Å². The maximum atomic E-state index is 13.6. The summed E-state index contributed by atoms with van der Waals surface area (Å²) in [5.41, 5.74) is 7.30. The van der Waals surface area contributed by atoms with Crippen molar-refractivity contribution < 1.29 is 14.3 Å². The number of carbonyl (C=O) groups is 2. The fraction of sp³-hybridized carbons (Fsp3) is 0.714. The lowest BCUT2D eigenvalue weighted by Gasteiger charge is -2.44. The van der Waals surface area contributed by atoms with E-state index in [9.17, 15) is 9.59 Å². The van der Waals surface area contributed by atoms with Crippen LogP contribution in [0.25, 0.3) is 0 Å². The third-order valence-corrected chi connectivity index (χ3v) is 7.87. The Balaban J connectivity index is 1.47. The molecule has 1 heterocycles. The van der Waals surface area contributed by atoms with Crippen LogP contribution >= 0.6 is 0 Å². The number of nitrogens with zero attached hydrogens (tertiary/aromatic N) is 2. The molecule has 2 aliphatic carbocycles. The van der Waals surface area contributed by atoms with Gasteiger partial charge in [0, 0.05) is 43.7 Å². The number of nitrogens with two attached hydrogens (primary N) is 1. The molecule has 1 aromatic carbocycles. The molecular formula is C28H44N4O3. The van der Waals surface area contributed by atoms with Crippen molar-refractivity contribution in [3.63, 3.8) is 0 Å². The summed E-state index contributed by atoms with van der Waals surface area (Å²) in [4.78, 5) is 31.1. The zero-order chi connectivity index (χ0) is 24.9. The van der Waals surface area contributed by atoms with Gasteiger partial charge < -0.3 is 20.7 Å². The number of benzene rings is 1. The molecule has 1 aromatic rings. The summed E-state index contributed by atoms with van der Waals surface area (Å²) in [6.07, 6.45) is 7.28. The summed E-state index contributed by atoms with van der Waals surface area (Å²) < 4.78 is 5.32. The molecule has 1 aliphatic heterocycles. The lowest BCUT2D eigenvalue weighted by atomic mass is 9.90. The van der Waals surface area contributed by atoms with Crippen LogP contribution in [0.3, 0.4) is 0 Å². The second-order valence-corrected chi connectivity index (χ2v) is 11.3. The molecule has 3 N–H and O–H groups in total. The van der Waals surface area contributed by atoms with Crippen molar-refractivity contribution >= 4 is 11.8 Å². The van der Waals surface area contributed by atoms with E-state index in [1.54, 1.807) is 7.11 Å². The molecule has 0 radical (unpaired) electrons. The van der Waals surface area contributed by atoms with Gasteiger partial charge in [-0.25, -0.2) is 0 Å². The fourth-order valence-electron chi connectivity index (χ4n) is 5.69. The standard InChI is InChI=1S/C28H44N4O3/c1-19(2)17-31(18-20-4-12-25(35-3)13-5-20)24-14-15-32(28(34)21-6-7-21)26(16-24)27(33)30-23-10-8-22(29)9-11-23/h4-5,12-13,19,21-24,26H,6-11,14-18,29H2,1-3H3,(H,30,33)/t22?,23?,24?,26-/m1/s1. The van der Waals surface area contributed by atoms with Crippen molar-refractivity contribution in [1.29, 1.82) is 0 Å². The summed E-state index contributed by atoms with van der Waals surface area (Å²) in [6.45, 7) is 6.93. The number of piperidine rings is 1. The highest BCUT2D eigenvalue weighted by Gasteiger charge is 2.43. The van der Waals surface area contributed by atoms with Gasteiger partial charge in [-0.15, -0.1) is 0 Å². The molecule has 4 rings (SSSR count). The van der Waals surface area contributed by atoms with Crippen LogP contribution in [0.4, 0.5) is 0 Å². The topological polar surface area (TPSA) is 87.9 Å². The van der Waals surface area contributed by atoms with Gasteiger partial charge >= 0.3 is 0 Å². The number of amides is 2. The van der Waals surface area contributed by atoms with Gasteiger partial charge in [-0.2, -0.15) is 0 Å². The Bertz CT molecular complexity index is 846. The maximum absolute atomic E-state index is 13.6. The Labute approximate surface area is 210 Å². The van der Waals surface area contributed by atoms with Gasteiger partial charge in [0.1, 0.15) is 11.8 Å². The van der Waals surface area contributed by atoms with Crippen LogP contribution in [-0.2, 0) is 16.1 Å². The summed E-state index contributed by atoms with van der Waals surface area (Å²) in [5, 5.41) is 3.30. The summed E-state index contributed by atoms with van der Waals surface area (Å²) in [5.74, 6) is 1.70. The van der Waals surface area contributed by atoms with Crippen LogP contribution in [0.1, 0.15) is 70.8 Å². The molecule has 0 spiro atoms. The predicted octanol–water partition coefficient (Wildman–Crippen LogP) is 3.31. The molecule has 0 bridgehead atoms. The van der Waals surface area contributed by atoms with E-state index in [1.807, 2.05) is 17.0 Å². The molecule has 1 saturated heterocycles. The molecule has 2 saturated carbocycles. The minimum absolute atomic E-state index is 0.0260. The van der Waals surface area contributed by atoms with Gasteiger partial charge in [-0.1, -0.05) is 26.0 Å². The number of carbonyl (C=O) groups excluding carboxylic acids is 2. The van der Waals surface area contributed by atoms with Gasteiger partial charge in [0.05, 0.1) is 7.11 Å². The van der Waals surface area contributed by atoms with Crippen molar-refractivity contribution in [2.75, 3.05) is 20.2 Å². The summed E-state index contributed by atoms with van der Waals surface area (Å²) in [7, 11) is 1.68. The molecule has 194 valence electrons. The molecule has 2 amide bonds. The van der Waals surface area contributed by atoms with Crippen molar-refractivity contribution in [1.82, 2.24) is 15.1 Å². The van der Waals surface area contributed by atoms with Gasteiger partial charge in [-0.05, 0) is 75.0 Å². The molecule has 0 aromatic heterocycles. The average molecular weight is 485 g/mol. The Kier molecular flexibility index (Phi) is 8.71. The summed E-state index contributed by atoms with van der Waals surface area (Å²) >= 11 is 0. The molecule has 35 heavy (non-hydrogen) atoms. The normalized spacial score (nSPS) is 27.2. The third-order valence-electron chi connectivity index (χ3n) is 7.87. The highest BCUT2D eigenvalue weighted by Crippen LogP contribution is 2.34.